The Morgan fingerprint density at radius 2 is 1.48 bits per heavy atom. The predicted octanol–water partition coefficient (Wildman–Crippen LogP) is 4.96. The minimum atomic E-state index is -0.500. The third-order valence-corrected chi connectivity index (χ3v) is 4.16. The fraction of sp³-hybridized carbons (Fsp3) is 0. The quantitative estimate of drug-likeness (QED) is 0.409. The Hall–Kier alpha value is -3.44. The molecule has 0 saturated carbocycles. The summed E-state index contributed by atoms with van der Waals surface area (Å²) in [5.74, 6) is -0.0170. The van der Waals surface area contributed by atoms with Gasteiger partial charge in [-0.3, -0.25) is 4.98 Å². The highest BCUT2D eigenvalue weighted by Crippen LogP contribution is 2.26. The fourth-order valence-corrected chi connectivity index (χ4v) is 2.95. The van der Waals surface area contributed by atoms with Gasteiger partial charge in [-0.25, -0.2) is 9.97 Å². The zero-order valence-electron chi connectivity index (χ0n) is 18.7. The van der Waals surface area contributed by atoms with Gasteiger partial charge < -0.3 is 0 Å². The number of benzene rings is 2. The van der Waals surface area contributed by atoms with Crippen molar-refractivity contribution in [3.63, 3.8) is 0 Å². The van der Waals surface area contributed by atoms with Crippen molar-refractivity contribution in [2.45, 2.75) is 0 Å². The van der Waals surface area contributed by atoms with Crippen molar-refractivity contribution < 1.29 is 6.85 Å². The molecule has 3 aromatic heterocycles. The van der Waals surface area contributed by atoms with E-state index in [4.69, 9.17) is 18.5 Å². The second-order valence-corrected chi connectivity index (χ2v) is 6.00. The first-order valence-corrected chi connectivity index (χ1v) is 8.36. The highest BCUT2D eigenvalue weighted by atomic mass is 35.5. The van der Waals surface area contributed by atoms with E-state index in [1.54, 1.807) is 12.3 Å². The van der Waals surface area contributed by atoms with Crippen molar-refractivity contribution in [2.24, 2.45) is 0 Å². The summed E-state index contributed by atoms with van der Waals surface area (Å²) < 4.78 is 39.9. The van der Waals surface area contributed by atoms with Gasteiger partial charge in [0.25, 0.3) is 0 Å². The van der Waals surface area contributed by atoms with Crippen LogP contribution in [0.25, 0.3) is 44.7 Å². The third-order valence-electron chi connectivity index (χ3n) is 3.99. The summed E-state index contributed by atoms with van der Waals surface area (Å²) in [4.78, 5) is 21.6. The molecule has 0 N–H and O–H groups in total. The van der Waals surface area contributed by atoms with E-state index < -0.39 is 30.2 Å². The smallest absolute Gasteiger partial charge is 0.226 e. The van der Waals surface area contributed by atoms with Crippen molar-refractivity contribution in [2.75, 3.05) is 0 Å². The molecule has 0 aliphatic carbocycles. The summed E-state index contributed by atoms with van der Waals surface area (Å²) in [6.07, 6.45) is 1.69. The van der Waals surface area contributed by atoms with E-state index >= 15 is 0 Å². The number of nitrogens with zero attached hydrogens (tertiary/aromatic N) is 5. The van der Waals surface area contributed by atoms with Gasteiger partial charge in [0.05, 0.1) is 17.9 Å². The van der Waals surface area contributed by atoms with Crippen LogP contribution < -0.4 is 0 Å². The molecule has 5 aromatic rings. The van der Waals surface area contributed by atoms with Crippen LogP contribution in [0.4, 0.5) is 0 Å². The molecule has 0 aliphatic heterocycles. The van der Waals surface area contributed by atoms with Gasteiger partial charge in [-0.1, -0.05) is 54.5 Å². The van der Waals surface area contributed by atoms with Crippen LogP contribution in [0.1, 0.15) is 6.85 Å². The molecular weight excluding hydrogens is 358 g/mol. The number of aromatic nitrogens is 5. The molecule has 5 nitrogen and oxygen atoms in total. The van der Waals surface area contributed by atoms with Gasteiger partial charge >= 0.3 is 0 Å². The van der Waals surface area contributed by atoms with Crippen LogP contribution in [-0.4, -0.2) is 24.9 Å². The molecule has 2 aromatic carbocycles. The van der Waals surface area contributed by atoms with Crippen molar-refractivity contribution in [1.29, 1.82) is 0 Å². The van der Waals surface area contributed by atoms with E-state index in [9.17, 15) is 0 Å². The Bertz CT molecular complexity index is 1530. The topological polar surface area (TPSA) is 64.5 Å². The molecule has 3 heterocycles. The first-order valence-electron chi connectivity index (χ1n) is 10.5. The molecule has 128 valence electrons. The summed E-state index contributed by atoms with van der Waals surface area (Å²) in [5.41, 5.74) is 1.60. The van der Waals surface area contributed by atoms with Gasteiger partial charge in [-0.2, -0.15) is 9.97 Å². The second-order valence-electron chi connectivity index (χ2n) is 5.66. The van der Waals surface area contributed by atoms with E-state index in [0.29, 0.717) is 11.2 Å². The lowest BCUT2D eigenvalue weighted by Crippen LogP contribution is -1.99. The standard InChI is InChI=1S/C21H12ClN5/c22-21-26-19(15-5-2-1-3-6-15)25-20(27-21)16-11-10-14-9-8-13-7-4-12-23-17(13)18(14)24-16/h1-12H/i1D,2D,3D,5D,6D. The van der Waals surface area contributed by atoms with Crippen molar-refractivity contribution in [3.05, 3.63) is 78.1 Å². The lowest BCUT2D eigenvalue weighted by molar-refractivity contribution is 1.05. The minimum absolute atomic E-state index is 0.113. The number of rotatable bonds is 2. The van der Waals surface area contributed by atoms with Crippen LogP contribution in [0.5, 0.6) is 0 Å². The van der Waals surface area contributed by atoms with Crippen molar-refractivity contribution in [1.82, 2.24) is 24.9 Å². The van der Waals surface area contributed by atoms with Crippen molar-refractivity contribution >= 4 is 33.4 Å². The summed E-state index contributed by atoms with van der Waals surface area (Å²) >= 11 is 6.12. The molecular formula is C21H12ClN5. The molecule has 6 heteroatoms. The SMILES string of the molecule is [2H]c1c([2H])c([2H])c(-c2nc(Cl)nc(-c3ccc4ccc5cccnc5c4n3)n2)c([2H])c1[2H]. The van der Waals surface area contributed by atoms with Gasteiger partial charge in [-0.15, -0.1) is 0 Å². The maximum absolute atomic E-state index is 8.18. The van der Waals surface area contributed by atoms with E-state index in [2.05, 4.69) is 24.9 Å². The molecule has 0 unspecified atom stereocenters. The molecule has 0 radical (unpaired) electrons. The lowest BCUT2D eigenvalue weighted by atomic mass is 10.1. The largest absolute Gasteiger partial charge is 0.254 e. The van der Waals surface area contributed by atoms with Gasteiger partial charge in [-0.05, 0) is 23.7 Å². The molecule has 0 atom stereocenters. The van der Waals surface area contributed by atoms with Crippen molar-refractivity contribution in [3.8, 4) is 22.9 Å². The maximum Gasteiger partial charge on any atom is 0.226 e. The van der Waals surface area contributed by atoms with Gasteiger partial charge in [0.1, 0.15) is 5.69 Å². The summed E-state index contributed by atoms with van der Waals surface area (Å²) in [6.45, 7) is 0. The number of pyridine rings is 2. The normalized spacial score (nSPS) is 13.7. The molecule has 0 fully saturated rings. The zero-order chi connectivity index (χ0) is 22.6. The Labute approximate surface area is 166 Å². The van der Waals surface area contributed by atoms with E-state index in [1.807, 2.05) is 30.3 Å². The molecule has 0 aliphatic rings. The summed E-state index contributed by atoms with van der Waals surface area (Å²) in [5, 5.41) is 1.62. The molecule has 0 spiro atoms. The minimum Gasteiger partial charge on any atom is -0.254 e. The van der Waals surface area contributed by atoms with Gasteiger partial charge in [0, 0.05) is 22.5 Å². The van der Waals surface area contributed by atoms with Crippen LogP contribution in [-0.2, 0) is 0 Å². The van der Waals surface area contributed by atoms with Crippen LogP contribution >= 0.6 is 11.6 Å². The average molecular weight is 375 g/mol. The summed E-state index contributed by atoms with van der Waals surface area (Å²) in [6, 6.07) is 8.93. The second kappa shape index (κ2) is 6.37. The Kier molecular flexibility index (Phi) is 2.67. The Morgan fingerprint density at radius 3 is 2.33 bits per heavy atom. The Balaban J connectivity index is 1.74. The van der Waals surface area contributed by atoms with E-state index in [1.165, 1.54) is 0 Å². The highest BCUT2D eigenvalue weighted by Gasteiger charge is 2.12. The highest BCUT2D eigenvalue weighted by molar-refractivity contribution is 6.28. The van der Waals surface area contributed by atoms with E-state index in [-0.39, 0.29) is 22.5 Å². The zero-order valence-corrected chi connectivity index (χ0v) is 14.4. The number of hydrogen-bond acceptors (Lipinski definition) is 5. The number of halogens is 1. The summed E-state index contributed by atoms with van der Waals surface area (Å²) in [7, 11) is 0. The fourth-order valence-electron chi connectivity index (χ4n) is 2.79. The first kappa shape index (κ1) is 11.3. The van der Waals surface area contributed by atoms with Gasteiger partial charge in [0.15, 0.2) is 11.6 Å². The average Bonchev–Trinajstić information content (AvgIpc) is 2.81. The molecule has 27 heavy (non-hydrogen) atoms. The molecule has 5 rings (SSSR count). The van der Waals surface area contributed by atoms with Crippen LogP contribution in [0.15, 0.2) is 72.8 Å². The predicted molar refractivity (Wildman–Crippen MR) is 106 cm³/mol. The molecule has 0 bridgehead atoms. The lowest BCUT2D eigenvalue weighted by Gasteiger charge is -2.07. The monoisotopic (exact) mass is 374 g/mol. The van der Waals surface area contributed by atoms with E-state index in [0.717, 1.165) is 16.3 Å². The molecule has 0 amide bonds. The number of fused-ring (bicyclic) bond motifs is 3. The van der Waals surface area contributed by atoms with Crippen LogP contribution in [0, 0.1) is 0 Å². The van der Waals surface area contributed by atoms with Crippen LogP contribution in [0.2, 0.25) is 5.28 Å². The van der Waals surface area contributed by atoms with Gasteiger partial charge in [0.2, 0.25) is 5.28 Å². The Morgan fingerprint density at radius 1 is 0.741 bits per heavy atom. The van der Waals surface area contributed by atoms with Crippen LogP contribution in [0.3, 0.4) is 0 Å². The number of hydrogen-bond donors (Lipinski definition) is 0. The maximum atomic E-state index is 8.18. The molecule has 0 saturated heterocycles. The first-order chi connectivity index (χ1) is 15.3. The third kappa shape index (κ3) is 2.88.